The summed E-state index contributed by atoms with van der Waals surface area (Å²) >= 11 is 0. The fourth-order valence-corrected chi connectivity index (χ4v) is 2.39. The zero-order valence-corrected chi connectivity index (χ0v) is 14.1. The van der Waals surface area contributed by atoms with Crippen LogP contribution in [-0.4, -0.2) is 12.0 Å². The molecule has 0 saturated heterocycles. The maximum atomic E-state index is 12.4. The summed E-state index contributed by atoms with van der Waals surface area (Å²) in [4.78, 5) is 12.4. The Morgan fingerprint density at radius 3 is 2.39 bits per heavy atom. The second kappa shape index (κ2) is 8.37. The molecule has 0 saturated carbocycles. The number of nitrogens with one attached hydrogen (secondary N) is 1. The van der Waals surface area contributed by atoms with Crippen molar-refractivity contribution in [3.05, 3.63) is 65.2 Å². The molecule has 2 rings (SSSR count). The summed E-state index contributed by atoms with van der Waals surface area (Å²) in [6, 6.07) is 16.0. The number of rotatable bonds is 7. The van der Waals surface area contributed by atoms with Gasteiger partial charge in [-0.05, 0) is 48.6 Å². The van der Waals surface area contributed by atoms with Crippen LogP contribution in [0.4, 0.5) is 0 Å². The molecule has 2 aromatic carbocycles. The van der Waals surface area contributed by atoms with Crippen molar-refractivity contribution in [1.82, 2.24) is 5.32 Å². The summed E-state index contributed by atoms with van der Waals surface area (Å²) in [7, 11) is 0. The van der Waals surface area contributed by atoms with Gasteiger partial charge >= 0.3 is 0 Å². The average Bonchev–Trinajstić information content (AvgIpc) is 2.59. The van der Waals surface area contributed by atoms with Crippen molar-refractivity contribution >= 4 is 5.91 Å². The van der Waals surface area contributed by atoms with Gasteiger partial charge in [-0.15, -0.1) is 0 Å². The molecule has 0 bridgehead atoms. The van der Waals surface area contributed by atoms with Gasteiger partial charge in [-0.1, -0.05) is 50.2 Å². The molecule has 0 aromatic heterocycles. The van der Waals surface area contributed by atoms with Crippen molar-refractivity contribution in [3.63, 3.8) is 0 Å². The molecule has 0 fully saturated rings. The highest BCUT2D eigenvalue weighted by molar-refractivity contribution is 5.81. The number of carbonyl (C=O) groups is 1. The third-order valence-electron chi connectivity index (χ3n) is 3.99. The van der Waals surface area contributed by atoms with Crippen LogP contribution >= 0.6 is 0 Å². The Balaban J connectivity index is 1.94. The van der Waals surface area contributed by atoms with Crippen molar-refractivity contribution in [2.45, 2.75) is 46.3 Å². The first-order chi connectivity index (χ1) is 11.1. The normalized spacial score (nSPS) is 11.8. The smallest absolute Gasteiger partial charge is 0.261 e. The van der Waals surface area contributed by atoms with Crippen LogP contribution in [0.3, 0.4) is 0 Å². The van der Waals surface area contributed by atoms with Crippen LogP contribution in [0.5, 0.6) is 5.75 Å². The zero-order chi connectivity index (χ0) is 16.7. The Morgan fingerprint density at radius 2 is 1.78 bits per heavy atom. The van der Waals surface area contributed by atoms with Gasteiger partial charge in [0.2, 0.25) is 0 Å². The summed E-state index contributed by atoms with van der Waals surface area (Å²) in [5.74, 6) is 0.662. The number of carbonyl (C=O) groups excluding carboxylic acids is 1. The monoisotopic (exact) mass is 311 g/mol. The van der Waals surface area contributed by atoms with Crippen molar-refractivity contribution in [2.24, 2.45) is 0 Å². The van der Waals surface area contributed by atoms with E-state index in [0.29, 0.717) is 13.0 Å². The highest BCUT2D eigenvalue weighted by atomic mass is 16.5. The summed E-state index contributed by atoms with van der Waals surface area (Å²) in [5, 5.41) is 2.97. The van der Waals surface area contributed by atoms with Crippen molar-refractivity contribution < 1.29 is 9.53 Å². The third-order valence-corrected chi connectivity index (χ3v) is 3.99. The topological polar surface area (TPSA) is 38.3 Å². The van der Waals surface area contributed by atoms with Crippen LogP contribution < -0.4 is 10.1 Å². The quantitative estimate of drug-likeness (QED) is 0.838. The molecule has 2 aromatic rings. The van der Waals surface area contributed by atoms with Crippen LogP contribution in [0.15, 0.2) is 48.5 Å². The van der Waals surface area contributed by atoms with E-state index in [0.717, 1.165) is 17.7 Å². The summed E-state index contributed by atoms with van der Waals surface area (Å²) < 4.78 is 5.83. The van der Waals surface area contributed by atoms with Crippen molar-refractivity contribution in [3.8, 4) is 5.75 Å². The van der Waals surface area contributed by atoms with Gasteiger partial charge in [0.15, 0.2) is 6.10 Å². The number of hydrogen-bond acceptors (Lipinski definition) is 2. The van der Waals surface area contributed by atoms with Gasteiger partial charge in [-0.2, -0.15) is 0 Å². The molecule has 1 atom stereocenters. The van der Waals surface area contributed by atoms with Crippen LogP contribution in [0.1, 0.15) is 37.0 Å². The zero-order valence-electron chi connectivity index (χ0n) is 14.1. The lowest BCUT2D eigenvalue weighted by Gasteiger charge is -2.18. The molecule has 3 nitrogen and oxygen atoms in total. The highest BCUT2D eigenvalue weighted by Crippen LogP contribution is 2.16. The van der Waals surface area contributed by atoms with Crippen LogP contribution in [0.25, 0.3) is 0 Å². The minimum absolute atomic E-state index is 0.0738. The van der Waals surface area contributed by atoms with Gasteiger partial charge in [-0.3, -0.25) is 4.79 Å². The van der Waals surface area contributed by atoms with E-state index in [9.17, 15) is 4.79 Å². The number of amides is 1. The second-order valence-electron chi connectivity index (χ2n) is 5.66. The van der Waals surface area contributed by atoms with E-state index in [4.69, 9.17) is 4.74 Å². The molecule has 0 aliphatic carbocycles. The van der Waals surface area contributed by atoms with Crippen molar-refractivity contribution in [2.75, 3.05) is 0 Å². The van der Waals surface area contributed by atoms with E-state index in [1.807, 2.05) is 62.4 Å². The number of ether oxygens (including phenoxy) is 1. The molecule has 23 heavy (non-hydrogen) atoms. The maximum Gasteiger partial charge on any atom is 0.261 e. The van der Waals surface area contributed by atoms with E-state index < -0.39 is 6.10 Å². The Labute approximate surface area is 138 Å². The predicted octanol–water partition coefficient (Wildman–Crippen LogP) is 4.03. The Bertz CT molecular complexity index is 634. The Morgan fingerprint density at radius 1 is 1.09 bits per heavy atom. The average molecular weight is 311 g/mol. The van der Waals surface area contributed by atoms with E-state index in [2.05, 4.69) is 12.2 Å². The molecule has 1 N–H and O–H groups in total. The number of aryl methyl sites for hydroxylation is 2. The summed E-state index contributed by atoms with van der Waals surface area (Å²) in [5.41, 5.74) is 3.56. The lowest BCUT2D eigenvalue weighted by atomic mass is 10.1. The molecule has 0 aliphatic heterocycles. The first-order valence-corrected chi connectivity index (χ1v) is 8.21. The lowest BCUT2D eigenvalue weighted by molar-refractivity contribution is -0.128. The van der Waals surface area contributed by atoms with E-state index in [1.54, 1.807) is 0 Å². The molecule has 0 heterocycles. The van der Waals surface area contributed by atoms with Gasteiger partial charge in [0.25, 0.3) is 5.91 Å². The minimum Gasteiger partial charge on any atom is -0.481 e. The van der Waals surface area contributed by atoms with E-state index in [-0.39, 0.29) is 5.91 Å². The van der Waals surface area contributed by atoms with Crippen LogP contribution in [-0.2, 0) is 17.8 Å². The number of hydrogen-bond donors (Lipinski definition) is 1. The molecule has 0 spiro atoms. The molecular formula is C20H25NO2. The second-order valence-corrected chi connectivity index (χ2v) is 5.66. The van der Waals surface area contributed by atoms with Crippen molar-refractivity contribution in [1.29, 1.82) is 0 Å². The Hall–Kier alpha value is -2.29. The maximum absolute atomic E-state index is 12.4. The predicted molar refractivity (Wildman–Crippen MR) is 93.6 cm³/mol. The van der Waals surface area contributed by atoms with Crippen LogP contribution in [0.2, 0.25) is 0 Å². The molecule has 0 aliphatic rings. The third kappa shape index (κ3) is 4.85. The molecular weight excluding hydrogens is 286 g/mol. The van der Waals surface area contributed by atoms with E-state index >= 15 is 0 Å². The number of benzene rings is 2. The molecule has 1 amide bonds. The van der Waals surface area contributed by atoms with Crippen LogP contribution in [0, 0.1) is 6.92 Å². The molecule has 1 unspecified atom stereocenters. The minimum atomic E-state index is -0.466. The SMILES string of the molecule is CCc1ccc(OC(CC)C(=O)NCc2ccccc2C)cc1. The fourth-order valence-electron chi connectivity index (χ4n) is 2.39. The molecule has 122 valence electrons. The Kier molecular flexibility index (Phi) is 6.21. The first kappa shape index (κ1) is 17.1. The highest BCUT2D eigenvalue weighted by Gasteiger charge is 2.18. The fraction of sp³-hybridized carbons (Fsp3) is 0.350. The first-order valence-electron chi connectivity index (χ1n) is 8.21. The molecule has 3 heteroatoms. The van der Waals surface area contributed by atoms with Gasteiger partial charge in [0, 0.05) is 6.54 Å². The van der Waals surface area contributed by atoms with Gasteiger partial charge in [0.1, 0.15) is 5.75 Å². The largest absolute Gasteiger partial charge is 0.481 e. The van der Waals surface area contributed by atoms with Gasteiger partial charge < -0.3 is 10.1 Å². The van der Waals surface area contributed by atoms with Gasteiger partial charge in [-0.25, -0.2) is 0 Å². The van der Waals surface area contributed by atoms with E-state index in [1.165, 1.54) is 11.1 Å². The lowest BCUT2D eigenvalue weighted by Crippen LogP contribution is -2.37. The standard InChI is InChI=1S/C20H25NO2/c1-4-16-10-12-18(13-11-16)23-19(5-2)20(22)21-14-17-9-7-6-8-15(17)3/h6-13,19H,4-5,14H2,1-3H3,(H,21,22). The summed E-state index contributed by atoms with van der Waals surface area (Å²) in [6.45, 7) is 6.65. The van der Waals surface area contributed by atoms with Gasteiger partial charge in [0.05, 0.1) is 0 Å². The summed E-state index contributed by atoms with van der Waals surface area (Å²) in [6.07, 6.45) is 1.16. The molecule has 0 radical (unpaired) electrons.